The van der Waals surface area contributed by atoms with Gasteiger partial charge in [-0.05, 0) is 68.9 Å². The Hall–Kier alpha value is -5.20. The Morgan fingerprint density at radius 1 is 0.955 bits per heavy atom. The zero-order valence-electron chi connectivity index (χ0n) is 36.9. The van der Waals surface area contributed by atoms with Crippen LogP contribution in [0.4, 0.5) is 4.79 Å². The molecule has 0 spiro atoms. The monoisotopic (exact) mass is 967 g/mol. The second kappa shape index (κ2) is 23.0. The minimum absolute atomic E-state index is 0.0229. The van der Waals surface area contributed by atoms with Crippen LogP contribution < -0.4 is 32.5 Å². The molecule has 0 aromatic carbocycles. The van der Waals surface area contributed by atoms with E-state index in [1.807, 2.05) is 13.0 Å². The quantitative estimate of drug-likeness (QED) is 0.0183. The second-order valence-corrected chi connectivity index (χ2v) is 20.2. The summed E-state index contributed by atoms with van der Waals surface area (Å²) in [5.41, 5.74) is 8.11. The predicted molar refractivity (Wildman–Crippen MR) is 235 cm³/mol. The molecule has 3 fully saturated rings. The van der Waals surface area contributed by atoms with E-state index in [0.29, 0.717) is 25.7 Å². The van der Waals surface area contributed by atoms with Gasteiger partial charge in [0.05, 0.1) is 12.5 Å². The van der Waals surface area contributed by atoms with Gasteiger partial charge in [0.1, 0.15) is 30.3 Å². The van der Waals surface area contributed by atoms with E-state index in [0.717, 1.165) is 27.2 Å². The van der Waals surface area contributed by atoms with Gasteiger partial charge in [0.2, 0.25) is 23.5 Å². The van der Waals surface area contributed by atoms with Crippen molar-refractivity contribution in [2.45, 2.75) is 108 Å². The van der Waals surface area contributed by atoms with Crippen molar-refractivity contribution in [3.05, 3.63) is 23.8 Å². The zero-order chi connectivity index (χ0) is 49.1. The Kier molecular flexibility index (Phi) is 18.6. The third kappa shape index (κ3) is 13.0. The van der Waals surface area contributed by atoms with E-state index < -0.39 is 114 Å². The molecule has 0 aromatic heterocycles. The van der Waals surface area contributed by atoms with Crippen LogP contribution >= 0.6 is 21.6 Å². The lowest BCUT2D eigenvalue weighted by Gasteiger charge is -2.59. The van der Waals surface area contributed by atoms with E-state index in [4.69, 9.17) is 20.9 Å². The summed E-state index contributed by atoms with van der Waals surface area (Å²) in [6.45, 7) is 4.48. The molecule has 66 heavy (non-hydrogen) atoms. The Morgan fingerprint density at radius 2 is 1.61 bits per heavy atom. The Labute approximate surface area is 388 Å². The minimum atomic E-state index is -1.94. The molecule has 22 nitrogen and oxygen atoms in total. The number of aliphatic carboxylic acids is 3. The first kappa shape index (κ1) is 53.4. The molecule has 366 valence electrons. The van der Waals surface area contributed by atoms with Crippen LogP contribution in [0.15, 0.2) is 28.8 Å². The first-order valence-electron chi connectivity index (χ1n) is 21.5. The van der Waals surface area contributed by atoms with E-state index in [2.05, 4.69) is 20.9 Å². The van der Waals surface area contributed by atoms with Crippen LogP contribution in [0.5, 0.6) is 0 Å². The summed E-state index contributed by atoms with van der Waals surface area (Å²) < 4.78 is 10.1. The molecular weight excluding hydrogens is 909 g/mol. The van der Waals surface area contributed by atoms with Gasteiger partial charge in [-0.2, -0.15) is 0 Å². The number of Topliss-reactive ketones (excluding diaryl/α,β-unsaturated/α-hetero) is 1. The van der Waals surface area contributed by atoms with Gasteiger partial charge < -0.3 is 67.2 Å². The van der Waals surface area contributed by atoms with Gasteiger partial charge in [0, 0.05) is 53.1 Å². The molecule has 11 unspecified atom stereocenters. The average Bonchev–Trinajstić information content (AvgIpc) is 3.50. The lowest BCUT2D eigenvalue weighted by Crippen LogP contribution is -2.61. The molecule has 24 heteroatoms. The third-order valence-corrected chi connectivity index (χ3v) is 15.7. The van der Waals surface area contributed by atoms with Crippen LogP contribution in [0.25, 0.3) is 0 Å². The lowest BCUT2D eigenvalue weighted by molar-refractivity contribution is -0.306. The van der Waals surface area contributed by atoms with E-state index >= 15 is 0 Å². The van der Waals surface area contributed by atoms with Gasteiger partial charge in [-0.15, -0.1) is 0 Å². The van der Waals surface area contributed by atoms with Gasteiger partial charge in [-0.1, -0.05) is 54.0 Å². The smallest absolute Gasteiger partial charge is 0.508 e. The topological polar surface area (TPSA) is 377 Å². The number of amides is 3. The van der Waals surface area contributed by atoms with Crippen LogP contribution in [-0.4, -0.2) is 141 Å². The van der Waals surface area contributed by atoms with Crippen LogP contribution in [0.2, 0.25) is 0 Å². The molecule has 11 atom stereocenters. The number of rotatable bonds is 24. The first-order chi connectivity index (χ1) is 30.9. The van der Waals surface area contributed by atoms with Crippen molar-refractivity contribution in [2.75, 3.05) is 31.3 Å². The molecular formula is C42H59N6O16S2-. The van der Waals surface area contributed by atoms with Crippen molar-refractivity contribution < 1.29 is 78.2 Å². The van der Waals surface area contributed by atoms with Gasteiger partial charge in [-0.3, -0.25) is 33.8 Å². The second-order valence-electron chi connectivity index (χ2n) is 17.6. The molecule has 3 saturated carbocycles. The maximum absolute atomic E-state index is 13.6. The van der Waals surface area contributed by atoms with E-state index in [9.17, 15) is 68.7 Å². The maximum Gasteiger partial charge on any atom is 0.508 e. The largest absolute Gasteiger partial charge is 0.550 e. The number of hydrogen-bond donors (Lipinski definition) is 9. The number of nitrogens with one attached hydrogen (secondary N) is 3. The Balaban J connectivity index is 1.22. The number of carbonyl (C=O) groups is 9. The molecule has 0 saturated heterocycles. The number of guanidine groups is 1. The normalized spacial score (nSPS) is 28.0. The molecule has 0 heterocycles. The number of carboxylic acid groups (broad SMARTS) is 3. The summed E-state index contributed by atoms with van der Waals surface area (Å²) in [7, 11) is 1.94. The number of aliphatic imine (C=N–C) groups is 1. The highest BCUT2D eigenvalue weighted by molar-refractivity contribution is 8.76. The fourth-order valence-corrected chi connectivity index (χ4v) is 11.9. The van der Waals surface area contributed by atoms with Crippen LogP contribution in [0.3, 0.4) is 0 Å². The molecule has 0 radical (unpaired) electrons. The molecule has 11 N–H and O–H groups in total. The molecule has 4 rings (SSSR count). The summed E-state index contributed by atoms with van der Waals surface area (Å²) in [6, 6.07) is -5.32. The van der Waals surface area contributed by atoms with E-state index in [1.54, 1.807) is 13.0 Å². The molecule has 4 aliphatic carbocycles. The number of carbonyl (C=O) groups excluding carboxylic acids is 7. The highest BCUT2D eigenvalue weighted by atomic mass is 33.1. The number of aliphatic hydroxyl groups excluding tert-OH is 1. The average molecular weight is 968 g/mol. The molecule has 3 amide bonds. The summed E-state index contributed by atoms with van der Waals surface area (Å²) in [4.78, 5) is 116. The van der Waals surface area contributed by atoms with Crippen molar-refractivity contribution in [3.8, 4) is 0 Å². The van der Waals surface area contributed by atoms with Gasteiger partial charge in [-0.25, -0.2) is 9.59 Å². The molecule has 4 aliphatic rings. The highest BCUT2D eigenvalue weighted by Gasteiger charge is 2.68. The number of ketones is 2. The number of ether oxygens (including phenoxy) is 2. The van der Waals surface area contributed by atoms with Gasteiger partial charge >= 0.3 is 18.1 Å². The number of nitrogens with zero attached hydrogens (tertiary/aromatic N) is 1. The highest BCUT2D eigenvalue weighted by Crippen LogP contribution is 2.67. The van der Waals surface area contributed by atoms with Crippen molar-refractivity contribution in [1.29, 1.82) is 0 Å². The SMILES string of the molecule is CC(CCCN=C(N)N)C(=O)NC(CC(=O)O)C(=O)NC(CC(=O)[O-])C(=O)NC(CSSCCOC(=O)OCC(=O)C1(O)CCC2C3CCC4=CC(=O)C=CC4(C)C3C(O)CC21C)C(=O)O. The fraction of sp³-hybridized carbons (Fsp3) is 0.667. The van der Waals surface area contributed by atoms with Crippen LogP contribution in [-0.2, 0) is 47.8 Å². The van der Waals surface area contributed by atoms with Crippen molar-refractivity contribution >= 4 is 80.9 Å². The summed E-state index contributed by atoms with van der Waals surface area (Å²) in [6.07, 6.45) is 3.64. The van der Waals surface area contributed by atoms with E-state index in [-0.39, 0.29) is 73.4 Å². The lowest BCUT2D eigenvalue weighted by atomic mass is 9.46. The maximum atomic E-state index is 13.6. The van der Waals surface area contributed by atoms with Gasteiger partial charge in [0.25, 0.3) is 0 Å². The number of carboxylic acids is 3. The van der Waals surface area contributed by atoms with Crippen molar-refractivity contribution in [1.82, 2.24) is 16.0 Å². The molecule has 0 aliphatic heterocycles. The van der Waals surface area contributed by atoms with Crippen molar-refractivity contribution in [3.63, 3.8) is 0 Å². The zero-order valence-corrected chi connectivity index (χ0v) is 38.5. The first-order valence-corrected chi connectivity index (χ1v) is 23.9. The van der Waals surface area contributed by atoms with E-state index in [1.165, 1.54) is 13.0 Å². The van der Waals surface area contributed by atoms with Gasteiger partial charge in [0.15, 0.2) is 18.3 Å². The Bertz CT molecular complexity index is 2000. The number of aliphatic hydroxyl groups is 2. The number of fused-ring (bicyclic) bond motifs is 5. The summed E-state index contributed by atoms with van der Waals surface area (Å²) in [5.74, 6) is -10.3. The third-order valence-electron chi connectivity index (χ3n) is 13.3. The predicted octanol–water partition coefficient (Wildman–Crippen LogP) is -1.06. The number of nitrogens with two attached hydrogens (primary N) is 2. The van der Waals surface area contributed by atoms with Crippen LogP contribution in [0, 0.1) is 34.5 Å². The van der Waals surface area contributed by atoms with Crippen LogP contribution in [0.1, 0.15) is 78.6 Å². The molecule has 0 bridgehead atoms. The standard InChI is InChI=1S/C42H60N6O16S2/c1-21(5-4-12-45-38(43)44)34(56)46-26(16-31(52)53)35(57)47-27(17-32(54)55)36(58)48-28(37(59)60)20-66-65-14-13-63-39(61)64-19-30(51)42(62)11-9-25-24-7-6-22-15-23(49)8-10-40(22,2)33(24)29(50)18-41(25,42)3/h8,10,15,21,24-29,33,50,62H,4-7,9,11-14,16-20H2,1-3H3,(H,46,56)(H,47,57)(H,48,58)(H,52,53)(H,54,55)(H,59,60)(H4,43,44,45)/p-1. The molecule has 0 aromatic rings. The van der Waals surface area contributed by atoms with Crippen molar-refractivity contribution in [2.24, 2.45) is 51.0 Å². The minimum Gasteiger partial charge on any atom is -0.550 e. The number of allylic oxidation sites excluding steroid dienone is 4. The summed E-state index contributed by atoms with van der Waals surface area (Å²) in [5, 5.41) is 60.5. The fourth-order valence-electron chi connectivity index (χ4n) is 9.94. The summed E-state index contributed by atoms with van der Waals surface area (Å²) >= 11 is 0. The Morgan fingerprint density at radius 3 is 2.24 bits per heavy atom. The number of hydrogen-bond acceptors (Lipinski definition) is 17.